The van der Waals surface area contributed by atoms with Crippen LogP contribution in [0, 0.1) is 34.8 Å². The summed E-state index contributed by atoms with van der Waals surface area (Å²) in [4.78, 5) is 11.9. The van der Waals surface area contributed by atoms with Gasteiger partial charge in [-0.15, -0.1) is 5.92 Å². The minimum atomic E-state index is -1.08. The quantitative estimate of drug-likeness (QED) is 0.485. The van der Waals surface area contributed by atoms with Gasteiger partial charge in [0.05, 0.1) is 5.56 Å². The first kappa shape index (κ1) is 15.2. The van der Waals surface area contributed by atoms with Crippen LogP contribution in [-0.4, -0.2) is 5.97 Å². The summed E-state index contributed by atoms with van der Waals surface area (Å²) in [6.07, 6.45) is 0. The molecule has 0 fully saturated rings. The molecule has 0 unspecified atom stereocenters. The normalized spacial score (nSPS) is 9.36. The zero-order chi connectivity index (χ0) is 16.1. The molecule has 0 aliphatic rings. The van der Waals surface area contributed by atoms with Crippen LogP contribution in [0.5, 0.6) is 5.75 Å². The van der Waals surface area contributed by atoms with Crippen LogP contribution in [-0.2, 0) is 0 Å². The second kappa shape index (κ2) is 6.51. The van der Waals surface area contributed by atoms with E-state index in [2.05, 4.69) is 11.8 Å². The van der Waals surface area contributed by atoms with Crippen molar-refractivity contribution in [3.05, 3.63) is 64.7 Å². The van der Waals surface area contributed by atoms with Crippen LogP contribution in [0.25, 0.3) is 0 Å². The topological polar surface area (TPSA) is 50.1 Å². The highest BCUT2D eigenvalue weighted by molar-refractivity contribution is 5.91. The monoisotopic (exact) mass is 297 g/mol. The molecule has 0 N–H and O–H groups in total. The Labute approximate surface area is 125 Å². The molecule has 0 aromatic heterocycles. The first-order valence-corrected chi connectivity index (χ1v) is 6.19. The highest BCUT2D eigenvalue weighted by atomic mass is 19.1. The van der Waals surface area contributed by atoms with E-state index in [1.54, 1.807) is 19.1 Å². The first-order chi connectivity index (χ1) is 10.5. The van der Waals surface area contributed by atoms with Gasteiger partial charge in [-0.3, -0.25) is 0 Å². The summed E-state index contributed by atoms with van der Waals surface area (Å²) < 4.78 is 31.8. The molecule has 0 aliphatic heterocycles. The van der Waals surface area contributed by atoms with Gasteiger partial charge in [-0.1, -0.05) is 5.92 Å². The zero-order valence-electron chi connectivity index (χ0n) is 11.5. The van der Waals surface area contributed by atoms with E-state index in [4.69, 9.17) is 10.00 Å². The molecule has 22 heavy (non-hydrogen) atoms. The molecular weight excluding hydrogens is 288 g/mol. The fraction of sp³-hybridized carbons (Fsp3) is 0.0588. The third-order valence-corrected chi connectivity index (χ3v) is 2.73. The number of hydrogen-bond donors (Lipinski definition) is 0. The lowest BCUT2D eigenvalue weighted by Gasteiger charge is -2.06. The van der Waals surface area contributed by atoms with Gasteiger partial charge in [0.1, 0.15) is 29.0 Å². The maximum atomic E-state index is 13.4. The molecule has 0 saturated heterocycles. The van der Waals surface area contributed by atoms with Gasteiger partial charge in [0.15, 0.2) is 0 Å². The third kappa shape index (κ3) is 3.28. The van der Waals surface area contributed by atoms with Gasteiger partial charge in [0, 0.05) is 17.7 Å². The number of halogens is 2. The van der Waals surface area contributed by atoms with E-state index in [9.17, 15) is 13.6 Å². The molecule has 0 heterocycles. The van der Waals surface area contributed by atoms with Crippen LogP contribution in [0.15, 0.2) is 36.4 Å². The van der Waals surface area contributed by atoms with Crippen LogP contribution in [0.2, 0.25) is 0 Å². The van der Waals surface area contributed by atoms with Crippen molar-refractivity contribution in [3.8, 4) is 23.7 Å². The van der Waals surface area contributed by atoms with Crippen LogP contribution >= 0.6 is 0 Å². The lowest BCUT2D eigenvalue weighted by Crippen LogP contribution is -2.09. The molecule has 0 saturated carbocycles. The van der Waals surface area contributed by atoms with Gasteiger partial charge in [-0.25, -0.2) is 13.6 Å². The second-order valence-corrected chi connectivity index (χ2v) is 4.22. The van der Waals surface area contributed by atoms with E-state index < -0.39 is 23.2 Å². The summed E-state index contributed by atoms with van der Waals surface area (Å²) in [5.41, 5.74) is 0.226. The Hall–Kier alpha value is -3.18. The molecular formula is C17H9F2NO2. The fourth-order valence-electron chi connectivity index (χ4n) is 1.72. The van der Waals surface area contributed by atoms with Crippen LogP contribution in [0.4, 0.5) is 8.78 Å². The van der Waals surface area contributed by atoms with Crippen molar-refractivity contribution in [3.63, 3.8) is 0 Å². The Morgan fingerprint density at radius 3 is 2.23 bits per heavy atom. The Bertz CT molecular complexity index is 801. The lowest BCUT2D eigenvalue weighted by molar-refractivity contribution is 0.0734. The minimum Gasteiger partial charge on any atom is -0.423 e. The van der Waals surface area contributed by atoms with Gasteiger partial charge in [0.2, 0.25) is 0 Å². The number of rotatable bonds is 2. The van der Waals surface area contributed by atoms with Crippen LogP contribution in [0.3, 0.4) is 0 Å². The number of hydrogen-bond acceptors (Lipinski definition) is 3. The summed E-state index contributed by atoms with van der Waals surface area (Å²) in [5, 5.41) is 8.57. The number of carbonyl (C=O) groups excluding carboxylic acids is 1. The standard InChI is InChI=1S/C17H9F2NO2/c1-2-3-11-4-6-12(7-5-11)17(21)22-13-8-15(18)14(10-20)16(19)9-13/h4-9H,1H3. The Kier molecular flexibility index (Phi) is 4.50. The van der Waals surface area contributed by atoms with Gasteiger partial charge in [0.25, 0.3) is 0 Å². The molecule has 0 amide bonds. The van der Waals surface area contributed by atoms with E-state index in [1.807, 2.05) is 0 Å². The van der Waals surface area contributed by atoms with E-state index >= 15 is 0 Å². The van der Waals surface area contributed by atoms with Gasteiger partial charge < -0.3 is 4.74 Å². The van der Waals surface area contributed by atoms with Crippen molar-refractivity contribution in [1.29, 1.82) is 5.26 Å². The third-order valence-electron chi connectivity index (χ3n) is 2.73. The summed E-state index contributed by atoms with van der Waals surface area (Å²) in [6, 6.07) is 9.23. The molecule has 2 aromatic rings. The van der Waals surface area contributed by atoms with Crippen LogP contribution in [0.1, 0.15) is 28.4 Å². The van der Waals surface area contributed by atoms with Crippen molar-refractivity contribution in [2.45, 2.75) is 6.92 Å². The second-order valence-electron chi connectivity index (χ2n) is 4.22. The Balaban J connectivity index is 2.21. The number of ether oxygens (including phenoxy) is 1. The van der Waals surface area contributed by atoms with Crippen molar-refractivity contribution in [2.24, 2.45) is 0 Å². The number of benzene rings is 2. The largest absolute Gasteiger partial charge is 0.423 e. The number of nitriles is 1. The number of nitrogens with zero attached hydrogens (tertiary/aromatic N) is 1. The Morgan fingerprint density at radius 2 is 1.73 bits per heavy atom. The molecule has 2 aromatic carbocycles. The number of esters is 1. The van der Waals surface area contributed by atoms with E-state index in [0.29, 0.717) is 0 Å². The number of carbonyl (C=O) groups is 1. The van der Waals surface area contributed by atoms with E-state index in [0.717, 1.165) is 17.7 Å². The summed E-state index contributed by atoms with van der Waals surface area (Å²) in [5.74, 6) is 2.30. The summed E-state index contributed by atoms with van der Waals surface area (Å²) in [6.45, 7) is 1.69. The van der Waals surface area contributed by atoms with Crippen molar-refractivity contribution in [1.82, 2.24) is 0 Å². The highest BCUT2D eigenvalue weighted by Crippen LogP contribution is 2.21. The molecule has 5 heteroatoms. The summed E-state index contributed by atoms with van der Waals surface area (Å²) >= 11 is 0. The highest BCUT2D eigenvalue weighted by Gasteiger charge is 2.14. The van der Waals surface area contributed by atoms with Crippen molar-refractivity contribution >= 4 is 5.97 Å². The average molecular weight is 297 g/mol. The zero-order valence-corrected chi connectivity index (χ0v) is 11.5. The molecule has 0 spiro atoms. The smallest absolute Gasteiger partial charge is 0.343 e. The van der Waals surface area contributed by atoms with E-state index in [-0.39, 0.29) is 11.3 Å². The maximum absolute atomic E-state index is 13.4. The van der Waals surface area contributed by atoms with Crippen LogP contribution < -0.4 is 4.74 Å². The van der Waals surface area contributed by atoms with Crippen molar-refractivity contribution < 1.29 is 18.3 Å². The maximum Gasteiger partial charge on any atom is 0.343 e. The molecule has 0 bridgehead atoms. The molecule has 108 valence electrons. The SMILES string of the molecule is CC#Cc1ccc(C(=O)Oc2cc(F)c(C#N)c(F)c2)cc1. The van der Waals surface area contributed by atoms with Crippen molar-refractivity contribution in [2.75, 3.05) is 0 Å². The minimum absolute atomic E-state index is 0.215. The lowest BCUT2D eigenvalue weighted by atomic mass is 10.1. The molecule has 0 atom stereocenters. The van der Waals surface area contributed by atoms with Gasteiger partial charge >= 0.3 is 5.97 Å². The first-order valence-electron chi connectivity index (χ1n) is 6.19. The Morgan fingerprint density at radius 1 is 1.14 bits per heavy atom. The van der Waals surface area contributed by atoms with Gasteiger partial charge in [-0.05, 0) is 31.2 Å². The predicted molar refractivity (Wildman–Crippen MR) is 75.0 cm³/mol. The molecule has 0 radical (unpaired) electrons. The molecule has 2 rings (SSSR count). The molecule has 3 nitrogen and oxygen atoms in total. The van der Waals surface area contributed by atoms with E-state index in [1.165, 1.54) is 18.2 Å². The fourth-order valence-corrected chi connectivity index (χ4v) is 1.72. The average Bonchev–Trinajstić information content (AvgIpc) is 2.48. The molecule has 0 aliphatic carbocycles. The predicted octanol–water partition coefficient (Wildman–Crippen LogP) is 3.43. The summed E-state index contributed by atoms with van der Waals surface area (Å²) in [7, 11) is 0. The van der Waals surface area contributed by atoms with Gasteiger partial charge in [-0.2, -0.15) is 5.26 Å².